The molecule has 2 aromatic heterocycles. The van der Waals surface area contributed by atoms with Gasteiger partial charge in [0.1, 0.15) is 6.33 Å². The standard InChI is InChI=1S/C16H23N7O2/c1-11(2)23-10-20-22-14(23)12(3)21-16(25)19-8-7-18-15(24)13-5-4-6-17-9-13/h4-6,9-12H,7-8H2,1-3H3,(H,18,24)(H2,19,21,25). The average molecular weight is 345 g/mol. The first-order valence-corrected chi connectivity index (χ1v) is 8.11. The molecule has 0 fully saturated rings. The lowest BCUT2D eigenvalue weighted by atomic mass is 10.3. The van der Waals surface area contributed by atoms with Gasteiger partial charge in [-0.25, -0.2) is 4.79 Å². The molecule has 0 aliphatic heterocycles. The fourth-order valence-corrected chi connectivity index (χ4v) is 2.22. The van der Waals surface area contributed by atoms with Gasteiger partial charge < -0.3 is 20.5 Å². The molecular formula is C16H23N7O2. The first-order valence-electron chi connectivity index (χ1n) is 8.11. The van der Waals surface area contributed by atoms with Gasteiger partial charge >= 0.3 is 6.03 Å². The first-order chi connectivity index (χ1) is 12.0. The predicted molar refractivity (Wildman–Crippen MR) is 91.9 cm³/mol. The lowest BCUT2D eigenvalue weighted by Crippen LogP contribution is -2.41. The second kappa shape index (κ2) is 8.76. The lowest BCUT2D eigenvalue weighted by molar-refractivity contribution is 0.0953. The quantitative estimate of drug-likeness (QED) is 0.649. The smallest absolute Gasteiger partial charge is 0.315 e. The van der Waals surface area contributed by atoms with Crippen molar-refractivity contribution in [2.45, 2.75) is 32.9 Å². The number of amides is 3. The molecule has 1 atom stereocenters. The largest absolute Gasteiger partial charge is 0.350 e. The van der Waals surface area contributed by atoms with E-state index < -0.39 is 0 Å². The van der Waals surface area contributed by atoms with Crippen LogP contribution in [0.1, 0.15) is 49.0 Å². The molecule has 0 aliphatic rings. The zero-order valence-electron chi connectivity index (χ0n) is 14.6. The number of carbonyl (C=O) groups excluding carboxylic acids is 2. The van der Waals surface area contributed by atoms with E-state index in [1.807, 2.05) is 25.3 Å². The third kappa shape index (κ3) is 5.27. The molecule has 25 heavy (non-hydrogen) atoms. The monoisotopic (exact) mass is 345 g/mol. The van der Waals surface area contributed by atoms with Crippen LogP contribution in [-0.2, 0) is 0 Å². The predicted octanol–water partition coefficient (Wildman–Crippen LogP) is 1.04. The Kier molecular flexibility index (Phi) is 6.44. The zero-order chi connectivity index (χ0) is 18.2. The van der Waals surface area contributed by atoms with Crippen molar-refractivity contribution in [1.82, 2.24) is 35.7 Å². The Morgan fingerprint density at radius 3 is 2.64 bits per heavy atom. The summed E-state index contributed by atoms with van der Waals surface area (Å²) in [6.45, 7) is 6.50. The normalized spacial score (nSPS) is 11.8. The van der Waals surface area contributed by atoms with Crippen molar-refractivity contribution in [2.75, 3.05) is 13.1 Å². The van der Waals surface area contributed by atoms with Crippen molar-refractivity contribution in [3.05, 3.63) is 42.2 Å². The van der Waals surface area contributed by atoms with Crippen LogP contribution in [0, 0.1) is 0 Å². The second-order valence-corrected chi connectivity index (χ2v) is 5.81. The molecule has 0 bridgehead atoms. The summed E-state index contributed by atoms with van der Waals surface area (Å²) in [6, 6.07) is 2.96. The number of aromatic nitrogens is 4. The van der Waals surface area contributed by atoms with Crippen molar-refractivity contribution < 1.29 is 9.59 Å². The van der Waals surface area contributed by atoms with E-state index in [1.165, 1.54) is 6.20 Å². The summed E-state index contributed by atoms with van der Waals surface area (Å²) in [5.74, 6) is 0.462. The number of nitrogens with one attached hydrogen (secondary N) is 3. The number of hydrogen-bond acceptors (Lipinski definition) is 5. The molecule has 0 spiro atoms. The van der Waals surface area contributed by atoms with Crippen LogP contribution in [0.25, 0.3) is 0 Å². The van der Waals surface area contributed by atoms with Crippen molar-refractivity contribution >= 4 is 11.9 Å². The summed E-state index contributed by atoms with van der Waals surface area (Å²) in [7, 11) is 0. The van der Waals surface area contributed by atoms with E-state index in [1.54, 1.807) is 24.7 Å². The molecule has 2 heterocycles. The van der Waals surface area contributed by atoms with Crippen LogP contribution in [0.2, 0.25) is 0 Å². The van der Waals surface area contributed by atoms with Gasteiger partial charge in [-0.15, -0.1) is 10.2 Å². The van der Waals surface area contributed by atoms with Crippen molar-refractivity contribution in [3.8, 4) is 0 Å². The van der Waals surface area contributed by atoms with Gasteiger partial charge in [0.2, 0.25) is 0 Å². The van der Waals surface area contributed by atoms with E-state index in [9.17, 15) is 9.59 Å². The van der Waals surface area contributed by atoms with Crippen molar-refractivity contribution in [3.63, 3.8) is 0 Å². The molecule has 1 unspecified atom stereocenters. The molecule has 3 N–H and O–H groups in total. The minimum atomic E-state index is -0.332. The number of nitrogens with zero attached hydrogens (tertiary/aromatic N) is 4. The highest BCUT2D eigenvalue weighted by atomic mass is 16.2. The fourth-order valence-electron chi connectivity index (χ4n) is 2.22. The molecule has 9 heteroatoms. The minimum absolute atomic E-state index is 0.208. The van der Waals surface area contributed by atoms with Crippen LogP contribution in [0.4, 0.5) is 4.79 Å². The highest BCUT2D eigenvalue weighted by Gasteiger charge is 2.16. The Balaban J connectivity index is 1.72. The summed E-state index contributed by atoms with van der Waals surface area (Å²) >= 11 is 0. The van der Waals surface area contributed by atoms with E-state index >= 15 is 0 Å². The Hall–Kier alpha value is -2.97. The highest BCUT2D eigenvalue weighted by molar-refractivity contribution is 5.93. The zero-order valence-corrected chi connectivity index (χ0v) is 14.6. The Labute approximate surface area is 146 Å². The maximum Gasteiger partial charge on any atom is 0.315 e. The van der Waals surface area contributed by atoms with E-state index in [-0.39, 0.29) is 24.0 Å². The molecule has 0 aliphatic carbocycles. The molecule has 2 rings (SSSR count). The third-order valence-corrected chi connectivity index (χ3v) is 3.51. The molecule has 0 saturated heterocycles. The number of pyridine rings is 1. The van der Waals surface area contributed by atoms with Gasteiger partial charge in [0.05, 0.1) is 11.6 Å². The van der Waals surface area contributed by atoms with Crippen LogP contribution in [-0.4, -0.2) is 44.8 Å². The number of hydrogen-bond donors (Lipinski definition) is 3. The Morgan fingerprint density at radius 1 is 1.20 bits per heavy atom. The Bertz CT molecular complexity index is 700. The van der Waals surface area contributed by atoms with Gasteiger partial charge in [-0.05, 0) is 32.9 Å². The second-order valence-electron chi connectivity index (χ2n) is 5.81. The summed E-state index contributed by atoms with van der Waals surface area (Å²) in [4.78, 5) is 27.7. The summed E-state index contributed by atoms with van der Waals surface area (Å²) in [6.07, 6.45) is 4.73. The van der Waals surface area contributed by atoms with Crippen LogP contribution in [0.3, 0.4) is 0 Å². The molecule has 3 amide bonds. The van der Waals surface area contributed by atoms with Crippen LogP contribution >= 0.6 is 0 Å². The van der Waals surface area contributed by atoms with Crippen LogP contribution in [0.5, 0.6) is 0 Å². The topological polar surface area (TPSA) is 114 Å². The van der Waals surface area contributed by atoms with Gasteiger partial charge in [-0.2, -0.15) is 0 Å². The van der Waals surface area contributed by atoms with E-state index in [4.69, 9.17) is 0 Å². The van der Waals surface area contributed by atoms with Crippen molar-refractivity contribution in [1.29, 1.82) is 0 Å². The van der Waals surface area contributed by atoms with E-state index in [0.29, 0.717) is 24.5 Å². The molecule has 2 aromatic rings. The van der Waals surface area contributed by atoms with Gasteiger partial charge in [0.25, 0.3) is 5.91 Å². The average Bonchev–Trinajstić information content (AvgIpc) is 3.09. The number of rotatable bonds is 7. The lowest BCUT2D eigenvalue weighted by Gasteiger charge is -2.17. The number of carbonyl (C=O) groups is 2. The molecule has 0 saturated carbocycles. The Morgan fingerprint density at radius 2 is 1.96 bits per heavy atom. The molecule has 134 valence electrons. The molecule has 0 radical (unpaired) electrons. The molecule has 0 aromatic carbocycles. The molecular weight excluding hydrogens is 322 g/mol. The van der Waals surface area contributed by atoms with Gasteiger partial charge in [-0.1, -0.05) is 0 Å². The fraction of sp³-hybridized carbons (Fsp3) is 0.438. The maximum absolute atomic E-state index is 11.9. The van der Waals surface area contributed by atoms with E-state index in [2.05, 4.69) is 31.1 Å². The van der Waals surface area contributed by atoms with Gasteiger partial charge in [0.15, 0.2) is 5.82 Å². The van der Waals surface area contributed by atoms with Crippen LogP contribution < -0.4 is 16.0 Å². The van der Waals surface area contributed by atoms with Crippen molar-refractivity contribution in [2.24, 2.45) is 0 Å². The summed E-state index contributed by atoms with van der Waals surface area (Å²) in [5.41, 5.74) is 0.480. The maximum atomic E-state index is 11.9. The van der Waals surface area contributed by atoms with Gasteiger partial charge in [-0.3, -0.25) is 9.78 Å². The summed E-state index contributed by atoms with van der Waals surface area (Å²) < 4.78 is 1.90. The van der Waals surface area contributed by atoms with Crippen LogP contribution in [0.15, 0.2) is 30.9 Å². The van der Waals surface area contributed by atoms with E-state index in [0.717, 1.165) is 0 Å². The summed E-state index contributed by atoms with van der Waals surface area (Å²) in [5, 5.41) is 16.1. The first kappa shape index (κ1) is 18.4. The third-order valence-electron chi connectivity index (χ3n) is 3.51. The van der Waals surface area contributed by atoms with Gasteiger partial charge in [0, 0.05) is 31.5 Å². The SMILES string of the molecule is CC(NC(=O)NCCNC(=O)c1cccnc1)c1nncn1C(C)C. The molecule has 9 nitrogen and oxygen atoms in total. The highest BCUT2D eigenvalue weighted by Crippen LogP contribution is 2.13. The number of urea groups is 1. The minimum Gasteiger partial charge on any atom is -0.350 e.